The van der Waals surface area contributed by atoms with Gasteiger partial charge in [-0.3, -0.25) is 19.2 Å². The number of aliphatic carboxylic acids is 1. The number of nitrogens with one attached hydrogen (secondary N) is 3. The average Bonchev–Trinajstić information content (AvgIpc) is 3.54. The van der Waals surface area contributed by atoms with Gasteiger partial charge in [-0.25, -0.2) is 4.79 Å². The molecule has 0 spiro atoms. The molecule has 0 aromatic heterocycles. The third kappa shape index (κ3) is 7.25. The Kier molecular flexibility index (Phi) is 9.18. The molecule has 11 heteroatoms. The van der Waals surface area contributed by atoms with Gasteiger partial charge in [0.2, 0.25) is 23.6 Å². The van der Waals surface area contributed by atoms with Crippen molar-refractivity contribution in [3.63, 3.8) is 0 Å². The Morgan fingerprint density at radius 1 is 1.06 bits per heavy atom. The number of rotatable bonds is 11. The number of carboxylic acids is 1. The van der Waals surface area contributed by atoms with E-state index in [-0.39, 0.29) is 31.7 Å². The SMILES string of the molecule is NC(=O)CCC(NC(=O)C(Cc1ccccc1)NC(=O)C1CCCN1)C(=O)N1CCCC1C(=O)O. The van der Waals surface area contributed by atoms with Gasteiger partial charge in [0.25, 0.3) is 0 Å². The van der Waals surface area contributed by atoms with Crippen LogP contribution in [-0.2, 0) is 30.4 Å². The Balaban J connectivity index is 1.77. The molecule has 4 unspecified atom stereocenters. The zero-order valence-electron chi connectivity index (χ0n) is 19.6. The standard InChI is InChI=1S/C24H33N5O6/c25-20(30)11-10-17(23(33)29-13-5-9-19(29)24(34)35)27-22(32)18(14-15-6-2-1-3-7-15)28-21(31)16-8-4-12-26-16/h1-3,6-7,16-19,26H,4-5,8-14H2,(H2,25,30)(H,27,32)(H,28,31)(H,34,35). The molecule has 2 aliphatic heterocycles. The van der Waals surface area contributed by atoms with Crippen molar-refractivity contribution in [3.8, 4) is 0 Å². The molecular weight excluding hydrogens is 454 g/mol. The molecule has 2 saturated heterocycles. The molecule has 35 heavy (non-hydrogen) atoms. The van der Waals surface area contributed by atoms with E-state index in [4.69, 9.17) is 5.73 Å². The average molecular weight is 488 g/mol. The van der Waals surface area contributed by atoms with E-state index in [2.05, 4.69) is 16.0 Å². The van der Waals surface area contributed by atoms with Crippen LogP contribution in [0.4, 0.5) is 0 Å². The summed E-state index contributed by atoms with van der Waals surface area (Å²) >= 11 is 0. The second-order valence-electron chi connectivity index (χ2n) is 8.99. The van der Waals surface area contributed by atoms with Crippen molar-refractivity contribution in [3.05, 3.63) is 35.9 Å². The van der Waals surface area contributed by atoms with Crippen molar-refractivity contribution in [2.75, 3.05) is 13.1 Å². The van der Waals surface area contributed by atoms with Crippen molar-refractivity contribution >= 4 is 29.6 Å². The number of carboxylic acid groups (broad SMARTS) is 1. The topological polar surface area (TPSA) is 171 Å². The molecule has 0 bridgehead atoms. The minimum absolute atomic E-state index is 0.0705. The lowest BCUT2D eigenvalue weighted by Crippen LogP contribution is -2.57. The van der Waals surface area contributed by atoms with Gasteiger partial charge in [0.05, 0.1) is 6.04 Å². The summed E-state index contributed by atoms with van der Waals surface area (Å²) in [5.41, 5.74) is 6.08. The van der Waals surface area contributed by atoms with E-state index in [9.17, 15) is 29.1 Å². The molecule has 2 fully saturated rings. The Labute approximate surface area is 203 Å². The predicted molar refractivity (Wildman–Crippen MR) is 126 cm³/mol. The molecule has 2 heterocycles. The number of carbonyl (C=O) groups excluding carboxylic acids is 4. The molecule has 2 aliphatic rings. The lowest BCUT2D eigenvalue weighted by molar-refractivity contribution is -0.149. The molecule has 1 aromatic rings. The first kappa shape index (κ1) is 26.1. The number of carbonyl (C=O) groups is 5. The fraction of sp³-hybridized carbons (Fsp3) is 0.542. The maximum absolute atomic E-state index is 13.3. The third-order valence-electron chi connectivity index (χ3n) is 6.41. The van der Waals surface area contributed by atoms with Gasteiger partial charge in [-0.1, -0.05) is 30.3 Å². The molecule has 0 radical (unpaired) electrons. The summed E-state index contributed by atoms with van der Waals surface area (Å²) in [6.07, 6.45) is 2.33. The predicted octanol–water partition coefficient (Wildman–Crippen LogP) is -0.708. The van der Waals surface area contributed by atoms with E-state index in [0.717, 1.165) is 18.5 Å². The summed E-state index contributed by atoms with van der Waals surface area (Å²) in [5.74, 6) is -3.23. The number of hydrogen-bond acceptors (Lipinski definition) is 6. The van der Waals surface area contributed by atoms with Crippen LogP contribution in [0.25, 0.3) is 0 Å². The van der Waals surface area contributed by atoms with Gasteiger partial charge in [-0.2, -0.15) is 0 Å². The number of nitrogens with two attached hydrogens (primary N) is 1. The highest BCUT2D eigenvalue weighted by molar-refractivity contribution is 5.94. The van der Waals surface area contributed by atoms with Gasteiger partial charge in [0.1, 0.15) is 18.1 Å². The van der Waals surface area contributed by atoms with E-state index in [0.29, 0.717) is 19.3 Å². The lowest BCUT2D eigenvalue weighted by atomic mass is 10.0. The molecule has 190 valence electrons. The largest absolute Gasteiger partial charge is 0.480 e. The zero-order chi connectivity index (χ0) is 25.4. The van der Waals surface area contributed by atoms with Crippen LogP contribution in [0.3, 0.4) is 0 Å². The van der Waals surface area contributed by atoms with Crippen LogP contribution >= 0.6 is 0 Å². The number of benzene rings is 1. The van der Waals surface area contributed by atoms with E-state index >= 15 is 0 Å². The van der Waals surface area contributed by atoms with Crippen LogP contribution in [0.2, 0.25) is 0 Å². The minimum Gasteiger partial charge on any atom is -0.480 e. The van der Waals surface area contributed by atoms with Gasteiger partial charge in [-0.15, -0.1) is 0 Å². The lowest BCUT2D eigenvalue weighted by Gasteiger charge is -2.29. The van der Waals surface area contributed by atoms with E-state index in [1.807, 2.05) is 30.3 Å². The molecule has 6 N–H and O–H groups in total. The second-order valence-corrected chi connectivity index (χ2v) is 8.99. The van der Waals surface area contributed by atoms with Gasteiger partial charge < -0.3 is 31.7 Å². The molecular formula is C24H33N5O6. The summed E-state index contributed by atoms with van der Waals surface area (Å²) < 4.78 is 0. The Hall–Kier alpha value is -3.47. The van der Waals surface area contributed by atoms with Crippen LogP contribution in [0, 0.1) is 0 Å². The number of amides is 4. The molecule has 0 aliphatic carbocycles. The summed E-state index contributed by atoms with van der Waals surface area (Å²) in [7, 11) is 0. The monoisotopic (exact) mass is 487 g/mol. The molecule has 0 saturated carbocycles. The number of primary amides is 1. The highest BCUT2D eigenvalue weighted by Gasteiger charge is 2.38. The summed E-state index contributed by atoms with van der Waals surface area (Å²) in [4.78, 5) is 63.5. The van der Waals surface area contributed by atoms with Gasteiger partial charge >= 0.3 is 5.97 Å². The van der Waals surface area contributed by atoms with E-state index < -0.39 is 47.9 Å². The first-order valence-electron chi connectivity index (χ1n) is 12.0. The quantitative estimate of drug-likeness (QED) is 0.274. The van der Waals surface area contributed by atoms with Crippen molar-refractivity contribution < 1.29 is 29.1 Å². The van der Waals surface area contributed by atoms with Crippen molar-refractivity contribution in [1.29, 1.82) is 0 Å². The number of hydrogen-bond donors (Lipinski definition) is 5. The normalized spacial score (nSPS) is 21.2. The molecule has 3 rings (SSSR count). The highest BCUT2D eigenvalue weighted by atomic mass is 16.4. The first-order valence-corrected chi connectivity index (χ1v) is 12.0. The van der Waals surface area contributed by atoms with Gasteiger partial charge in [0, 0.05) is 19.4 Å². The number of nitrogens with zero attached hydrogens (tertiary/aromatic N) is 1. The van der Waals surface area contributed by atoms with Gasteiger partial charge in [0.15, 0.2) is 0 Å². The van der Waals surface area contributed by atoms with E-state index in [1.165, 1.54) is 4.90 Å². The molecule has 4 atom stereocenters. The minimum atomic E-state index is -1.14. The Bertz CT molecular complexity index is 934. The maximum atomic E-state index is 13.3. The van der Waals surface area contributed by atoms with Crippen molar-refractivity contribution in [2.45, 2.75) is 69.1 Å². The molecule has 4 amide bonds. The first-order chi connectivity index (χ1) is 16.8. The highest BCUT2D eigenvalue weighted by Crippen LogP contribution is 2.20. The van der Waals surface area contributed by atoms with Crippen LogP contribution in [-0.4, -0.2) is 76.9 Å². The zero-order valence-corrected chi connectivity index (χ0v) is 19.6. The summed E-state index contributed by atoms with van der Waals surface area (Å²) in [6, 6.07) is 5.66. The van der Waals surface area contributed by atoms with E-state index in [1.54, 1.807) is 0 Å². The fourth-order valence-electron chi connectivity index (χ4n) is 4.54. The van der Waals surface area contributed by atoms with Crippen LogP contribution in [0.5, 0.6) is 0 Å². The fourth-order valence-corrected chi connectivity index (χ4v) is 4.54. The van der Waals surface area contributed by atoms with Gasteiger partial charge in [-0.05, 0) is 44.2 Å². The van der Waals surface area contributed by atoms with Crippen LogP contribution < -0.4 is 21.7 Å². The second kappa shape index (κ2) is 12.3. The maximum Gasteiger partial charge on any atom is 0.326 e. The molecule has 11 nitrogen and oxygen atoms in total. The summed E-state index contributed by atoms with van der Waals surface area (Å²) in [6.45, 7) is 0.966. The Morgan fingerprint density at radius 3 is 2.43 bits per heavy atom. The smallest absolute Gasteiger partial charge is 0.326 e. The third-order valence-corrected chi connectivity index (χ3v) is 6.41. The molecule has 1 aromatic carbocycles. The number of likely N-dealkylation sites (tertiary alicyclic amines) is 1. The summed E-state index contributed by atoms with van der Waals surface area (Å²) in [5, 5.41) is 18.0. The van der Waals surface area contributed by atoms with Crippen molar-refractivity contribution in [2.24, 2.45) is 5.73 Å². The van der Waals surface area contributed by atoms with Crippen LogP contribution in [0.15, 0.2) is 30.3 Å². The Morgan fingerprint density at radius 2 is 1.80 bits per heavy atom. The van der Waals surface area contributed by atoms with Crippen molar-refractivity contribution in [1.82, 2.24) is 20.9 Å². The van der Waals surface area contributed by atoms with Crippen LogP contribution in [0.1, 0.15) is 44.1 Å².